The summed E-state index contributed by atoms with van der Waals surface area (Å²) in [6.45, 7) is 10.2. The first-order valence-electron chi connectivity index (χ1n) is 15.7. The number of aromatic amines is 1. The molecule has 0 spiro atoms. The Kier molecular flexibility index (Phi) is 8.42. The van der Waals surface area contributed by atoms with Gasteiger partial charge < -0.3 is 20.9 Å². The highest BCUT2D eigenvalue weighted by molar-refractivity contribution is 7.20. The van der Waals surface area contributed by atoms with E-state index in [1.54, 1.807) is 12.3 Å². The number of benzene rings is 1. The van der Waals surface area contributed by atoms with Gasteiger partial charge in [-0.2, -0.15) is 0 Å². The number of H-pyrrole nitrogens is 1. The van der Waals surface area contributed by atoms with Gasteiger partial charge in [0.05, 0.1) is 16.6 Å². The minimum atomic E-state index is -0.286. The maximum Gasteiger partial charge on any atom is 0.271 e. The number of aryl methyl sites for hydroxylation is 1. The smallest absolute Gasteiger partial charge is 0.271 e. The van der Waals surface area contributed by atoms with Gasteiger partial charge in [0.2, 0.25) is 0 Å². The Morgan fingerprint density at radius 2 is 1.88 bits per heavy atom. The first kappa shape index (κ1) is 29.6. The lowest BCUT2D eigenvalue weighted by atomic mass is 9.71. The maximum absolute atomic E-state index is 13.7. The van der Waals surface area contributed by atoms with Crippen LogP contribution in [0.2, 0.25) is 0 Å². The molecule has 2 aliphatic rings. The Bertz CT molecular complexity index is 1660. The quantitative estimate of drug-likeness (QED) is 0.219. The van der Waals surface area contributed by atoms with E-state index in [4.69, 9.17) is 10.7 Å². The Morgan fingerprint density at radius 3 is 2.60 bits per heavy atom. The molecule has 43 heavy (non-hydrogen) atoms. The average Bonchev–Trinajstić information content (AvgIpc) is 3.42. The van der Waals surface area contributed by atoms with Crippen molar-refractivity contribution in [2.75, 3.05) is 25.4 Å². The molecule has 7 nitrogen and oxygen atoms in total. The highest BCUT2D eigenvalue weighted by Crippen LogP contribution is 2.38. The predicted octanol–water partition coefficient (Wildman–Crippen LogP) is 6.73. The van der Waals surface area contributed by atoms with Crippen LogP contribution in [0.3, 0.4) is 0 Å². The molecule has 1 unspecified atom stereocenters. The zero-order chi connectivity index (χ0) is 30.1. The van der Waals surface area contributed by atoms with E-state index in [2.05, 4.69) is 54.2 Å². The van der Waals surface area contributed by atoms with Crippen LogP contribution in [0.15, 0.2) is 53.5 Å². The Balaban J connectivity index is 1.22. The number of hydrogen-bond donors (Lipinski definition) is 3. The number of nitrogens with two attached hydrogens (primary N) is 1. The first-order valence-corrected chi connectivity index (χ1v) is 16.5. The number of pyridine rings is 2. The summed E-state index contributed by atoms with van der Waals surface area (Å²) in [6.07, 6.45) is 9.52. The van der Waals surface area contributed by atoms with Crippen molar-refractivity contribution in [2.45, 2.75) is 71.8 Å². The van der Waals surface area contributed by atoms with Crippen LogP contribution in [0.5, 0.6) is 0 Å². The van der Waals surface area contributed by atoms with Crippen LogP contribution in [-0.2, 0) is 12.8 Å². The van der Waals surface area contributed by atoms with Crippen molar-refractivity contribution in [2.24, 2.45) is 11.3 Å². The molecule has 3 aromatic heterocycles. The summed E-state index contributed by atoms with van der Waals surface area (Å²) in [6, 6.07) is 14.1. The molecule has 1 aliphatic carbocycles. The topological polar surface area (TPSA) is 104 Å². The number of thiophene rings is 1. The van der Waals surface area contributed by atoms with Gasteiger partial charge in [0.15, 0.2) is 0 Å². The molecule has 6 rings (SSSR count). The highest BCUT2D eigenvalue weighted by atomic mass is 32.1. The molecule has 4 aromatic rings. The summed E-state index contributed by atoms with van der Waals surface area (Å²) in [5, 5.41) is 4.44. The van der Waals surface area contributed by atoms with Crippen LogP contribution in [0.25, 0.3) is 21.3 Å². The fourth-order valence-corrected chi connectivity index (χ4v) is 7.53. The summed E-state index contributed by atoms with van der Waals surface area (Å²) in [4.78, 5) is 37.3. The van der Waals surface area contributed by atoms with Crippen LogP contribution >= 0.6 is 11.3 Å². The first-order chi connectivity index (χ1) is 20.6. The third-order valence-corrected chi connectivity index (χ3v) is 10.4. The number of piperidine rings is 1. The van der Waals surface area contributed by atoms with Crippen molar-refractivity contribution >= 4 is 33.1 Å². The van der Waals surface area contributed by atoms with Crippen LogP contribution in [-0.4, -0.2) is 40.4 Å². The number of amides is 1. The van der Waals surface area contributed by atoms with Gasteiger partial charge in [-0.1, -0.05) is 51.5 Å². The molecule has 1 saturated heterocycles. The molecule has 226 valence electrons. The third-order valence-electron chi connectivity index (χ3n) is 9.39. The van der Waals surface area contributed by atoms with Crippen molar-refractivity contribution in [1.82, 2.24) is 20.2 Å². The van der Waals surface area contributed by atoms with E-state index in [0.717, 1.165) is 65.8 Å². The van der Waals surface area contributed by atoms with Gasteiger partial charge in [-0.05, 0) is 97.8 Å². The van der Waals surface area contributed by atoms with E-state index in [1.165, 1.54) is 48.3 Å². The molecule has 1 amide bonds. The molecule has 8 heteroatoms. The number of aromatic nitrogens is 2. The van der Waals surface area contributed by atoms with E-state index >= 15 is 0 Å². The number of nitrogen functional groups attached to an aromatic ring is 1. The Hall–Kier alpha value is -3.49. The number of rotatable bonds is 7. The molecule has 4 N–H and O–H groups in total. The van der Waals surface area contributed by atoms with Crippen molar-refractivity contribution in [3.8, 4) is 11.1 Å². The number of hydrogen-bond acceptors (Lipinski definition) is 6. The minimum absolute atomic E-state index is 0.0466. The summed E-state index contributed by atoms with van der Waals surface area (Å²) in [7, 11) is 0. The van der Waals surface area contributed by atoms with E-state index in [-0.39, 0.29) is 28.6 Å². The lowest BCUT2D eigenvalue weighted by Gasteiger charge is -2.34. The zero-order valence-corrected chi connectivity index (χ0v) is 26.4. The maximum atomic E-state index is 13.7. The van der Waals surface area contributed by atoms with Gasteiger partial charge in [-0.3, -0.25) is 9.59 Å². The SMILES string of the molecule is CC(C)(C)[C@H]1CCc2nc3sc(C(=O)NC(CCN4CCCCC4)c4ccc(-c5c[nH]c(=O)c(N)c5)cc4)cc3cc2C1. The van der Waals surface area contributed by atoms with Crippen LogP contribution in [0.4, 0.5) is 5.69 Å². The molecule has 1 aliphatic heterocycles. The van der Waals surface area contributed by atoms with Crippen molar-refractivity contribution in [3.63, 3.8) is 0 Å². The molecule has 1 fully saturated rings. The van der Waals surface area contributed by atoms with Gasteiger partial charge in [0.1, 0.15) is 4.83 Å². The van der Waals surface area contributed by atoms with E-state index in [1.807, 2.05) is 18.2 Å². The van der Waals surface area contributed by atoms with Gasteiger partial charge >= 0.3 is 0 Å². The van der Waals surface area contributed by atoms with Crippen molar-refractivity contribution in [1.29, 1.82) is 0 Å². The second-order valence-electron chi connectivity index (χ2n) is 13.4. The third kappa shape index (κ3) is 6.70. The molecule has 2 atom stereocenters. The summed E-state index contributed by atoms with van der Waals surface area (Å²) in [5.41, 5.74) is 11.4. The van der Waals surface area contributed by atoms with Crippen molar-refractivity contribution < 1.29 is 4.79 Å². The number of anilines is 1. The van der Waals surface area contributed by atoms with Gasteiger partial charge in [-0.15, -0.1) is 11.3 Å². The fourth-order valence-electron chi connectivity index (χ4n) is 6.60. The fraction of sp³-hybridized carbons (Fsp3) is 0.457. The highest BCUT2D eigenvalue weighted by Gasteiger charge is 2.30. The van der Waals surface area contributed by atoms with Crippen LogP contribution in [0, 0.1) is 11.3 Å². The van der Waals surface area contributed by atoms with Gasteiger partial charge in [-0.25, -0.2) is 4.98 Å². The monoisotopic (exact) mass is 597 g/mol. The number of carbonyl (C=O) groups is 1. The molecule has 0 saturated carbocycles. The van der Waals surface area contributed by atoms with Crippen LogP contribution < -0.4 is 16.6 Å². The molecule has 0 bridgehead atoms. The van der Waals surface area contributed by atoms with Crippen LogP contribution in [0.1, 0.15) is 85.4 Å². The second kappa shape index (κ2) is 12.2. The summed E-state index contributed by atoms with van der Waals surface area (Å²) < 4.78 is 0. The number of fused-ring (bicyclic) bond motifs is 2. The van der Waals surface area contributed by atoms with Gasteiger partial charge in [0.25, 0.3) is 11.5 Å². The largest absolute Gasteiger partial charge is 0.394 e. The second-order valence-corrected chi connectivity index (χ2v) is 14.4. The molecule has 1 aromatic carbocycles. The zero-order valence-electron chi connectivity index (χ0n) is 25.5. The Morgan fingerprint density at radius 1 is 1.12 bits per heavy atom. The standard InChI is InChI=1S/C35H43N5O2S/c1-35(2,3)27-11-12-29-24(18-27)17-25-20-31(43-34(25)39-29)33(42)38-30(13-16-40-14-5-4-6-15-40)23-9-7-22(8-10-23)26-19-28(36)32(41)37-21-26/h7-10,17,19-21,27,30H,4-6,11-16,18,36H2,1-3H3,(H,37,41)(H,38,42)/t27-,30?/m0/s1. The van der Waals surface area contributed by atoms with Gasteiger partial charge in [0, 0.05) is 29.4 Å². The summed E-state index contributed by atoms with van der Waals surface area (Å²) in [5.74, 6) is 0.601. The number of carbonyl (C=O) groups excluding carboxylic acids is 1. The predicted molar refractivity (Wildman–Crippen MR) is 177 cm³/mol. The lowest BCUT2D eigenvalue weighted by Crippen LogP contribution is -2.35. The number of likely N-dealkylation sites (tertiary alicyclic amines) is 1. The van der Waals surface area contributed by atoms with E-state index in [0.29, 0.717) is 10.8 Å². The molecule has 4 heterocycles. The van der Waals surface area contributed by atoms with E-state index < -0.39 is 0 Å². The number of nitrogens with one attached hydrogen (secondary N) is 2. The summed E-state index contributed by atoms with van der Waals surface area (Å²) >= 11 is 1.50. The van der Waals surface area contributed by atoms with Crippen molar-refractivity contribution in [3.05, 3.63) is 80.7 Å². The molecular formula is C35H43N5O2S. The molecular weight excluding hydrogens is 554 g/mol. The Labute approximate surface area is 257 Å². The molecule has 0 radical (unpaired) electrons. The van der Waals surface area contributed by atoms with E-state index in [9.17, 15) is 9.59 Å². The lowest BCUT2D eigenvalue weighted by molar-refractivity contribution is 0.0934. The number of nitrogens with zero attached hydrogens (tertiary/aromatic N) is 2. The normalized spacial score (nSPS) is 18.3. The average molecular weight is 598 g/mol. The minimum Gasteiger partial charge on any atom is -0.394 e.